The normalized spacial score (nSPS) is 10.5. The lowest BCUT2D eigenvalue weighted by Crippen LogP contribution is -2.19. The van der Waals surface area contributed by atoms with Crippen LogP contribution >= 0.6 is 11.6 Å². The number of hydrogen-bond acceptors (Lipinski definition) is 6. The number of aryl methyl sites for hydroxylation is 1. The molecule has 1 aromatic heterocycles. The largest absolute Gasteiger partial charge is 0.497 e. The first kappa shape index (κ1) is 18.7. The van der Waals surface area contributed by atoms with Gasteiger partial charge in [-0.3, -0.25) is 9.78 Å². The number of nitrogens with zero attached hydrogens (tertiary/aromatic N) is 2. The second-order valence-corrected chi connectivity index (χ2v) is 6.31. The average Bonchev–Trinajstić information content (AvgIpc) is 2.67. The van der Waals surface area contributed by atoms with E-state index in [-0.39, 0.29) is 11.5 Å². The zero-order chi connectivity index (χ0) is 19.4. The highest BCUT2D eigenvalue weighted by Crippen LogP contribution is 2.32. The summed E-state index contributed by atoms with van der Waals surface area (Å²) in [6.07, 6.45) is 0.371. The Labute approximate surface area is 161 Å². The van der Waals surface area contributed by atoms with Crippen LogP contribution in [0.2, 0.25) is 5.02 Å². The molecule has 7 nitrogen and oxygen atoms in total. The van der Waals surface area contributed by atoms with Crippen molar-refractivity contribution in [2.75, 3.05) is 19.5 Å². The molecule has 8 heteroatoms. The van der Waals surface area contributed by atoms with Crippen molar-refractivity contribution in [1.82, 2.24) is 15.2 Å². The fourth-order valence-corrected chi connectivity index (χ4v) is 2.68. The molecule has 0 spiro atoms. The molecule has 0 saturated carbocycles. The lowest BCUT2D eigenvalue weighted by molar-refractivity contribution is 0.414. The molecular weight excluding hydrogens is 368 g/mol. The Balaban J connectivity index is 1.80. The topological polar surface area (TPSA) is 89.1 Å². The third kappa shape index (κ3) is 4.38. The van der Waals surface area contributed by atoms with Gasteiger partial charge in [0.05, 0.1) is 19.9 Å². The van der Waals surface area contributed by atoms with Crippen molar-refractivity contribution < 1.29 is 9.47 Å². The van der Waals surface area contributed by atoms with Crippen molar-refractivity contribution in [1.29, 1.82) is 0 Å². The molecule has 0 amide bonds. The maximum atomic E-state index is 12.4. The number of rotatable bonds is 6. The molecular formula is C19H19ClN4O3. The number of halogens is 1. The van der Waals surface area contributed by atoms with Crippen LogP contribution in [0.3, 0.4) is 0 Å². The van der Waals surface area contributed by atoms with Crippen molar-refractivity contribution in [3.05, 3.63) is 68.6 Å². The molecule has 140 valence electrons. The van der Waals surface area contributed by atoms with Crippen LogP contribution in [0.4, 0.5) is 11.6 Å². The zero-order valence-electron chi connectivity index (χ0n) is 15.2. The molecule has 1 heterocycles. The van der Waals surface area contributed by atoms with E-state index in [1.807, 2.05) is 37.3 Å². The minimum Gasteiger partial charge on any atom is -0.497 e. The van der Waals surface area contributed by atoms with Crippen LogP contribution in [0.5, 0.6) is 11.5 Å². The van der Waals surface area contributed by atoms with Crippen molar-refractivity contribution in [2.24, 2.45) is 0 Å². The van der Waals surface area contributed by atoms with E-state index < -0.39 is 0 Å². The molecule has 0 aliphatic heterocycles. The lowest BCUT2D eigenvalue weighted by atomic mass is 10.1. The number of anilines is 2. The van der Waals surface area contributed by atoms with Gasteiger partial charge < -0.3 is 14.8 Å². The summed E-state index contributed by atoms with van der Waals surface area (Å²) in [5, 5.41) is 11.7. The molecule has 27 heavy (non-hydrogen) atoms. The summed E-state index contributed by atoms with van der Waals surface area (Å²) < 4.78 is 10.4. The number of aromatic amines is 1. The Morgan fingerprint density at radius 1 is 1.11 bits per heavy atom. The fraction of sp³-hybridized carbons (Fsp3) is 0.211. The highest BCUT2D eigenvalue weighted by Gasteiger charge is 2.11. The smallest absolute Gasteiger partial charge is 0.274 e. The van der Waals surface area contributed by atoms with Crippen molar-refractivity contribution >= 4 is 23.2 Å². The molecule has 0 radical (unpaired) electrons. The number of aromatic nitrogens is 3. The van der Waals surface area contributed by atoms with Gasteiger partial charge in [-0.05, 0) is 36.2 Å². The number of nitrogens with one attached hydrogen (secondary N) is 2. The molecule has 0 aliphatic rings. The van der Waals surface area contributed by atoms with Gasteiger partial charge in [0, 0.05) is 17.5 Å². The summed E-state index contributed by atoms with van der Waals surface area (Å²) in [5.74, 6) is 1.51. The highest BCUT2D eigenvalue weighted by atomic mass is 35.5. The van der Waals surface area contributed by atoms with Crippen LogP contribution in [0.25, 0.3) is 0 Å². The molecule has 0 fully saturated rings. The molecule has 3 rings (SSSR count). The monoisotopic (exact) mass is 386 g/mol. The summed E-state index contributed by atoms with van der Waals surface area (Å²) >= 11 is 6.11. The van der Waals surface area contributed by atoms with Crippen molar-refractivity contribution in [3.8, 4) is 11.5 Å². The summed E-state index contributed by atoms with van der Waals surface area (Å²) in [7, 11) is 3.15. The predicted molar refractivity (Wildman–Crippen MR) is 104 cm³/mol. The minimum absolute atomic E-state index is 0.221. The second kappa shape index (κ2) is 8.09. The Morgan fingerprint density at radius 2 is 1.85 bits per heavy atom. The first-order valence-corrected chi connectivity index (χ1v) is 8.58. The van der Waals surface area contributed by atoms with Crippen LogP contribution in [0.15, 0.2) is 41.2 Å². The van der Waals surface area contributed by atoms with Crippen LogP contribution in [0, 0.1) is 6.92 Å². The summed E-state index contributed by atoms with van der Waals surface area (Å²) in [5.41, 5.74) is 2.45. The van der Waals surface area contributed by atoms with E-state index in [1.165, 1.54) is 0 Å². The van der Waals surface area contributed by atoms with E-state index in [1.54, 1.807) is 20.3 Å². The first-order valence-electron chi connectivity index (χ1n) is 8.20. The van der Waals surface area contributed by atoms with Crippen LogP contribution in [-0.4, -0.2) is 29.4 Å². The van der Waals surface area contributed by atoms with Gasteiger partial charge in [0.2, 0.25) is 5.95 Å². The molecule has 0 aliphatic carbocycles. The molecule has 2 N–H and O–H groups in total. The molecule has 0 bridgehead atoms. The summed E-state index contributed by atoms with van der Waals surface area (Å²) in [6, 6.07) is 10.9. The SMILES string of the molecule is COc1ccc(Cc2nnc(Nc3cc(C)c(Cl)cc3OC)[nH]c2=O)cc1. The number of hydrogen-bond donors (Lipinski definition) is 2. The van der Waals surface area contributed by atoms with Crippen LogP contribution < -0.4 is 20.3 Å². The number of ether oxygens (including phenoxy) is 2. The third-order valence-corrected chi connectivity index (χ3v) is 4.44. The zero-order valence-corrected chi connectivity index (χ0v) is 15.9. The average molecular weight is 387 g/mol. The van der Waals surface area contributed by atoms with E-state index in [9.17, 15) is 4.79 Å². The maximum absolute atomic E-state index is 12.4. The third-order valence-electron chi connectivity index (χ3n) is 4.03. The summed E-state index contributed by atoms with van der Waals surface area (Å²) in [6.45, 7) is 1.87. The molecule has 0 saturated heterocycles. The fourth-order valence-electron chi connectivity index (χ4n) is 2.53. The van der Waals surface area contributed by atoms with E-state index in [2.05, 4.69) is 20.5 Å². The van der Waals surface area contributed by atoms with Gasteiger partial charge in [0.15, 0.2) is 0 Å². The standard InChI is InChI=1S/C19H19ClN4O3/c1-11-8-15(17(27-3)10-14(11)20)21-19-22-18(25)16(23-24-19)9-12-4-6-13(26-2)7-5-12/h4-8,10H,9H2,1-3H3,(H2,21,22,24,25). The van der Waals surface area contributed by atoms with E-state index in [0.717, 1.165) is 16.9 Å². The van der Waals surface area contributed by atoms with E-state index >= 15 is 0 Å². The highest BCUT2D eigenvalue weighted by molar-refractivity contribution is 6.31. The number of benzene rings is 2. The molecule has 2 aromatic carbocycles. The maximum Gasteiger partial charge on any atom is 0.274 e. The van der Waals surface area contributed by atoms with Crippen molar-refractivity contribution in [3.63, 3.8) is 0 Å². The first-order chi connectivity index (χ1) is 13.0. The van der Waals surface area contributed by atoms with E-state index in [4.69, 9.17) is 21.1 Å². The Bertz CT molecular complexity index is 1000. The number of methoxy groups -OCH3 is 2. The van der Waals surface area contributed by atoms with Gasteiger partial charge in [0.25, 0.3) is 5.56 Å². The van der Waals surface area contributed by atoms with Gasteiger partial charge in [0.1, 0.15) is 17.2 Å². The molecule has 0 atom stereocenters. The van der Waals surface area contributed by atoms with E-state index in [0.29, 0.717) is 28.6 Å². The van der Waals surface area contributed by atoms with Gasteiger partial charge in [-0.15, -0.1) is 10.2 Å². The number of H-pyrrole nitrogens is 1. The van der Waals surface area contributed by atoms with Crippen LogP contribution in [0.1, 0.15) is 16.8 Å². The molecule has 3 aromatic rings. The Morgan fingerprint density at radius 3 is 2.48 bits per heavy atom. The minimum atomic E-state index is -0.312. The Hall–Kier alpha value is -3.06. The van der Waals surface area contributed by atoms with Gasteiger partial charge in [-0.25, -0.2) is 0 Å². The quantitative estimate of drug-likeness (QED) is 0.674. The molecule has 0 unspecified atom stereocenters. The summed E-state index contributed by atoms with van der Waals surface area (Å²) in [4.78, 5) is 15.1. The van der Waals surface area contributed by atoms with Crippen LogP contribution in [-0.2, 0) is 6.42 Å². The second-order valence-electron chi connectivity index (χ2n) is 5.90. The Kier molecular flexibility index (Phi) is 5.61. The predicted octanol–water partition coefficient (Wildman–Crippen LogP) is 3.48. The lowest BCUT2D eigenvalue weighted by Gasteiger charge is -2.12. The van der Waals surface area contributed by atoms with Gasteiger partial charge in [-0.2, -0.15) is 0 Å². The van der Waals surface area contributed by atoms with Gasteiger partial charge >= 0.3 is 0 Å². The van der Waals surface area contributed by atoms with Crippen molar-refractivity contribution in [2.45, 2.75) is 13.3 Å². The van der Waals surface area contributed by atoms with Gasteiger partial charge in [-0.1, -0.05) is 23.7 Å².